The molecule has 23 heavy (non-hydrogen) atoms. The third-order valence-corrected chi connectivity index (χ3v) is 5.33. The Morgan fingerprint density at radius 1 is 1.04 bits per heavy atom. The Labute approximate surface area is 135 Å². The normalized spacial score (nSPS) is 18.4. The van der Waals surface area contributed by atoms with E-state index in [0.29, 0.717) is 5.69 Å². The summed E-state index contributed by atoms with van der Waals surface area (Å²) in [6.07, 6.45) is 0. The van der Waals surface area contributed by atoms with E-state index < -0.39 is 0 Å². The largest absolute Gasteiger partial charge is 0.347 e. The number of amides is 1. The van der Waals surface area contributed by atoms with Crippen molar-refractivity contribution in [3.8, 4) is 5.69 Å². The zero-order valence-corrected chi connectivity index (χ0v) is 13.8. The van der Waals surface area contributed by atoms with Gasteiger partial charge in [0.15, 0.2) is 0 Å². The lowest BCUT2D eigenvalue weighted by Crippen LogP contribution is -2.32. The highest BCUT2D eigenvalue weighted by atomic mass is 16.2. The number of hydrogen-bond donors (Lipinski definition) is 1. The molecule has 5 heteroatoms. The summed E-state index contributed by atoms with van der Waals surface area (Å²) in [6, 6.07) is 12.0. The Kier molecular flexibility index (Phi) is 3.39. The number of carbonyl (C=O) groups excluding carboxylic acids is 1. The van der Waals surface area contributed by atoms with E-state index in [1.165, 1.54) is 16.8 Å². The topological polar surface area (TPSA) is 64.0 Å². The first-order valence-electron chi connectivity index (χ1n) is 7.72. The number of nitrogens with zero attached hydrogens (tertiary/aromatic N) is 2. The average molecular weight is 311 g/mol. The third-order valence-electron chi connectivity index (χ3n) is 5.33. The van der Waals surface area contributed by atoms with Crippen LogP contribution in [0.2, 0.25) is 0 Å². The van der Waals surface area contributed by atoms with Crippen LogP contribution in [0.15, 0.2) is 47.3 Å². The molecular weight excluding hydrogens is 290 g/mol. The lowest BCUT2D eigenvalue weighted by atomic mass is 10.0. The van der Waals surface area contributed by atoms with E-state index in [0.717, 1.165) is 0 Å². The Morgan fingerprint density at radius 3 is 2.22 bits per heavy atom. The van der Waals surface area contributed by atoms with Gasteiger partial charge in [-0.15, -0.1) is 0 Å². The summed E-state index contributed by atoms with van der Waals surface area (Å²) in [7, 11) is 0. The highest BCUT2D eigenvalue weighted by Crippen LogP contribution is 2.62. The average Bonchev–Trinajstić information content (AvgIpc) is 2.90. The zero-order chi connectivity index (χ0) is 16.8. The van der Waals surface area contributed by atoms with Crippen LogP contribution in [-0.4, -0.2) is 21.7 Å². The monoisotopic (exact) mass is 311 g/mol. The second kappa shape index (κ2) is 5.05. The van der Waals surface area contributed by atoms with Crippen LogP contribution in [0.5, 0.6) is 0 Å². The molecular formula is C18H21N3O2. The molecule has 1 saturated carbocycles. The number of rotatable bonds is 3. The van der Waals surface area contributed by atoms with Gasteiger partial charge in [0.2, 0.25) is 0 Å². The van der Waals surface area contributed by atoms with Crippen LogP contribution in [0.4, 0.5) is 0 Å². The van der Waals surface area contributed by atoms with Crippen molar-refractivity contribution in [2.24, 2.45) is 10.8 Å². The smallest absolute Gasteiger partial charge is 0.271 e. The number of aromatic nitrogens is 2. The van der Waals surface area contributed by atoms with Crippen LogP contribution in [0.3, 0.4) is 0 Å². The Hall–Kier alpha value is -2.43. The van der Waals surface area contributed by atoms with Crippen LogP contribution < -0.4 is 10.9 Å². The maximum absolute atomic E-state index is 12.5. The molecule has 1 heterocycles. The molecule has 3 rings (SSSR count). The molecule has 5 nitrogen and oxygen atoms in total. The highest BCUT2D eigenvalue weighted by molar-refractivity contribution is 5.92. The Bertz CT molecular complexity index is 793. The van der Waals surface area contributed by atoms with Gasteiger partial charge in [0.25, 0.3) is 11.5 Å². The van der Waals surface area contributed by atoms with E-state index in [1.54, 1.807) is 12.1 Å². The van der Waals surface area contributed by atoms with Crippen molar-refractivity contribution < 1.29 is 4.79 Å². The lowest BCUT2D eigenvalue weighted by molar-refractivity contribution is 0.0937. The number of nitrogens with one attached hydrogen (secondary N) is 1. The molecule has 1 aliphatic carbocycles. The minimum Gasteiger partial charge on any atom is -0.347 e. The van der Waals surface area contributed by atoms with Crippen molar-refractivity contribution in [3.05, 3.63) is 58.5 Å². The van der Waals surface area contributed by atoms with Crippen molar-refractivity contribution in [1.82, 2.24) is 15.1 Å². The minimum atomic E-state index is -0.264. The van der Waals surface area contributed by atoms with Gasteiger partial charge < -0.3 is 5.32 Å². The van der Waals surface area contributed by atoms with Crippen LogP contribution in [0.1, 0.15) is 38.2 Å². The van der Waals surface area contributed by atoms with E-state index in [4.69, 9.17) is 0 Å². The molecule has 1 N–H and O–H groups in total. The summed E-state index contributed by atoms with van der Waals surface area (Å²) < 4.78 is 1.25. The number of para-hydroxylation sites is 1. The van der Waals surface area contributed by atoms with Gasteiger partial charge in [-0.1, -0.05) is 45.9 Å². The summed E-state index contributed by atoms with van der Waals surface area (Å²) in [5, 5.41) is 7.24. The first-order chi connectivity index (χ1) is 10.7. The van der Waals surface area contributed by atoms with Gasteiger partial charge in [-0.25, -0.2) is 0 Å². The first kappa shape index (κ1) is 15.5. The van der Waals surface area contributed by atoms with E-state index in [-0.39, 0.29) is 34.0 Å². The predicted octanol–water partition coefficient (Wildman–Crippen LogP) is 2.40. The van der Waals surface area contributed by atoms with Crippen molar-refractivity contribution in [2.45, 2.75) is 33.7 Å². The molecule has 1 aromatic heterocycles. The first-order valence-corrected chi connectivity index (χ1v) is 7.72. The molecule has 120 valence electrons. The molecule has 1 amide bonds. The second-order valence-corrected chi connectivity index (χ2v) is 7.15. The molecule has 1 aliphatic rings. The molecule has 0 saturated heterocycles. The molecule has 0 radical (unpaired) electrons. The fourth-order valence-corrected chi connectivity index (χ4v) is 3.05. The third kappa shape index (κ3) is 2.46. The Balaban J connectivity index is 1.87. The molecule has 0 spiro atoms. The van der Waals surface area contributed by atoms with Gasteiger partial charge in [-0.2, -0.15) is 9.78 Å². The summed E-state index contributed by atoms with van der Waals surface area (Å²) in [4.78, 5) is 24.5. The van der Waals surface area contributed by atoms with E-state index in [9.17, 15) is 9.59 Å². The van der Waals surface area contributed by atoms with Crippen LogP contribution in [-0.2, 0) is 0 Å². The number of benzene rings is 1. The van der Waals surface area contributed by atoms with E-state index >= 15 is 0 Å². The maximum Gasteiger partial charge on any atom is 0.271 e. The molecule has 1 fully saturated rings. The van der Waals surface area contributed by atoms with Gasteiger partial charge in [-0.3, -0.25) is 9.59 Å². The van der Waals surface area contributed by atoms with Crippen molar-refractivity contribution >= 4 is 5.91 Å². The standard InChI is InChI=1S/C18H21N3O2/c1-17(2)16(18(17,3)4)19-15(23)13-10-11-14(22)21(20-13)12-8-6-5-7-9-12/h5-11,16H,1-4H3,(H,19,23). The van der Waals surface area contributed by atoms with Gasteiger partial charge in [0.05, 0.1) is 5.69 Å². The molecule has 0 bridgehead atoms. The number of carbonyl (C=O) groups is 1. The molecule has 0 unspecified atom stereocenters. The van der Waals surface area contributed by atoms with Crippen molar-refractivity contribution in [3.63, 3.8) is 0 Å². The second-order valence-electron chi connectivity index (χ2n) is 7.15. The van der Waals surface area contributed by atoms with Crippen molar-refractivity contribution in [2.75, 3.05) is 0 Å². The fraction of sp³-hybridized carbons (Fsp3) is 0.389. The van der Waals surface area contributed by atoms with Crippen LogP contribution >= 0.6 is 0 Å². The van der Waals surface area contributed by atoms with E-state index in [2.05, 4.69) is 38.1 Å². The molecule has 1 aromatic carbocycles. The van der Waals surface area contributed by atoms with Gasteiger partial charge in [0, 0.05) is 12.1 Å². The molecule has 0 atom stereocenters. The van der Waals surface area contributed by atoms with Crippen molar-refractivity contribution in [1.29, 1.82) is 0 Å². The number of hydrogen-bond acceptors (Lipinski definition) is 3. The Morgan fingerprint density at radius 2 is 1.65 bits per heavy atom. The fourth-order valence-electron chi connectivity index (χ4n) is 3.05. The van der Waals surface area contributed by atoms with E-state index in [1.807, 2.05) is 18.2 Å². The summed E-state index contributed by atoms with van der Waals surface area (Å²) in [5.74, 6) is -0.252. The predicted molar refractivity (Wildman–Crippen MR) is 88.7 cm³/mol. The van der Waals surface area contributed by atoms with Gasteiger partial charge in [0.1, 0.15) is 5.69 Å². The summed E-state index contributed by atoms with van der Waals surface area (Å²) >= 11 is 0. The van der Waals surface area contributed by atoms with Gasteiger partial charge in [-0.05, 0) is 29.0 Å². The summed E-state index contributed by atoms with van der Waals surface area (Å²) in [5.41, 5.74) is 0.721. The van der Waals surface area contributed by atoms with Crippen LogP contribution in [0.25, 0.3) is 5.69 Å². The quantitative estimate of drug-likeness (QED) is 0.946. The SMILES string of the molecule is CC1(C)C(NC(=O)c2ccc(=O)n(-c3ccccc3)n2)C1(C)C. The molecule has 2 aromatic rings. The van der Waals surface area contributed by atoms with Gasteiger partial charge >= 0.3 is 0 Å². The zero-order valence-electron chi connectivity index (χ0n) is 13.8. The summed E-state index contributed by atoms with van der Waals surface area (Å²) in [6.45, 7) is 8.54. The minimum absolute atomic E-state index is 0.0521. The maximum atomic E-state index is 12.5. The highest BCUT2D eigenvalue weighted by Gasteiger charge is 2.65. The van der Waals surface area contributed by atoms with Crippen LogP contribution in [0, 0.1) is 10.8 Å². The lowest BCUT2D eigenvalue weighted by Gasteiger charge is -2.09. The molecule has 0 aliphatic heterocycles.